The number of hydrogen-bond acceptors (Lipinski definition) is 3. The predicted octanol–water partition coefficient (Wildman–Crippen LogP) is 2.08. The minimum atomic E-state index is -1.09. The summed E-state index contributed by atoms with van der Waals surface area (Å²) in [6, 6.07) is 5.99. The minimum absolute atomic E-state index is 0.0595. The molecule has 5 heteroatoms. The second-order valence-electron chi connectivity index (χ2n) is 2.95. The van der Waals surface area contributed by atoms with E-state index < -0.39 is 10.9 Å². The number of nitrogens with zero attached hydrogens (tertiary/aromatic N) is 1. The van der Waals surface area contributed by atoms with E-state index in [4.69, 9.17) is 5.11 Å². The number of para-hydroxylation sites is 1. The van der Waals surface area contributed by atoms with Crippen LogP contribution in [0.15, 0.2) is 29.8 Å². The van der Waals surface area contributed by atoms with Crippen molar-refractivity contribution in [1.82, 2.24) is 0 Å². The van der Waals surface area contributed by atoms with E-state index in [2.05, 4.69) is 0 Å². The zero-order valence-electron chi connectivity index (χ0n) is 8.01. The van der Waals surface area contributed by atoms with Gasteiger partial charge >= 0.3 is 5.97 Å². The fraction of sp³-hybridized carbons (Fsp3) is 0.100. The molecule has 0 spiro atoms. The van der Waals surface area contributed by atoms with Gasteiger partial charge in [-0.3, -0.25) is 10.1 Å². The highest BCUT2D eigenvalue weighted by Crippen LogP contribution is 2.20. The molecule has 0 saturated carbocycles. The van der Waals surface area contributed by atoms with Gasteiger partial charge in [0.2, 0.25) is 0 Å². The molecule has 0 saturated heterocycles. The summed E-state index contributed by atoms with van der Waals surface area (Å²) in [7, 11) is 0. The molecular weight excluding hydrogens is 198 g/mol. The third-order valence-corrected chi connectivity index (χ3v) is 1.84. The Morgan fingerprint density at radius 1 is 1.47 bits per heavy atom. The maximum Gasteiger partial charge on any atom is 0.331 e. The molecule has 1 rings (SSSR count). The Balaban J connectivity index is 3.20. The van der Waals surface area contributed by atoms with Crippen LogP contribution in [0.1, 0.15) is 12.5 Å². The molecule has 0 amide bonds. The van der Waals surface area contributed by atoms with Crippen LogP contribution < -0.4 is 0 Å². The second kappa shape index (κ2) is 4.36. The molecule has 0 radical (unpaired) electrons. The van der Waals surface area contributed by atoms with Crippen molar-refractivity contribution in [1.29, 1.82) is 0 Å². The Labute approximate surface area is 85.8 Å². The number of hydrogen-bond donors (Lipinski definition) is 1. The maximum absolute atomic E-state index is 10.6. The lowest BCUT2D eigenvalue weighted by Gasteiger charge is -1.97. The third kappa shape index (κ3) is 2.63. The number of aliphatic carboxylic acids is 1. The molecule has 0 aliphatic heterocycles. The van der Waals surface area contributed by atoms with Crippen LogP contribution in [0.4, 0.5) is 5.69 Å². The summed E-state index contributed by atoms with van der Waals surface area (Å²) in [5, 5.41) is 19.2. The van der Waals surface area contributed by atoms with Gasteiger partial charge in [0, 0.05) is 11.6 Å². The molecule has 0 heterocycles. The van der Waals surface area contributed by atoms with Crippen LogP contribution in [0.2, 0.25) is 0 Å². The van der Waals surface area contributed by atoms with Crippen LogP contribution in [0.5, 0.6) is 0 Å². The Bertz CT molecular complexity index is 437. The van der Waals surface area contributed by atoms with E-state index in [1.165, 1.54) is 31.2 Å². The van der Waals surface area contributed by atoms with E-state index in [-0.39, 0.29) is 11.3 Å². The molecule has 15 heavy (non-hydrogen) atoms. The van der Waals surface area contributed by atoms with Gasteiger partial charge in [0.15, 0.2) is 0 Å². The van der Waals surface area contributed by atoms with Gasteiger partial charge in [-0.2, -0.15) is 0 Å². The second-order valence-corrected chi connectivity index (χ2v) is 2.95. The van der Waals surface area contributed by atoms with E-state index in [1.807, 2.05) is 0 Å². The van der Waals surface area contributed by atoms with E-state index in [0.29, 0.717) is 5.56 Å². The quantitative estimate of drug-likeness (QED) is 0.467. The summed E-state index contributed by atoms with van der Waals surface area (Å²) in [5.74, 6) is -1.09. The lowest BCUT2D eigenvalue weighted by atomic mass is 10.1. The Hall–Kier alpha value is -2.17. The van der Waals surface area contributed by atoms with E-state index in [9.17, 15) is 14.9 Å². The van der Waals surface area contributed by atoms with Crippen molar-refractivity contribution >= 4 is 17.7 Å². The number of benzene rings is 1. The Kier molecular flexibility index (Phi) is 3.17. The predicted molar refractivity (Wildman–Crippen MR) is 54.4 cm³/mol. The van der Waals surface area contributed by atoms with Crippen molar-refractivity contribution < 1.29 is 14.8 Å². The average Bonchev–Trinajstić information content (AvgIpc) is 2.18. The highest BCUT2D eigenvalue weighted by atomic mass is 16.6. The highest BCUT2D eigenvalue weighted by molar-refractivity contribution is 5.92. The fourth-order valence-electron chi connectivity index (χ4n) is 1.07. The first-order chi connectivity index (χ1) is 7.02. The van der Waals surface area contributed by atoms with Crippen LogP contribution in [-0.2, 0) is 4.79 Å². The fourth-order valence-corrected chi connectivity index (χ4v) is 1.07. The molecule has 78 valence electrons. The molecule has 0 bridgehead atoms. The molecule has 5 nitrogen and oxygen atoms in total. The Morgan fingerprint density at radius 2 is 2.07 bits per heavy atom. The van der Waals surface area contributed by atoms with Crippen molar-refractivity contribution in [2.75, 3.05) is 0 Å². The van der Waals surface area contributed by atoms with Gasteiger partial charge in [-0.15, -0.1) is 0 Å². The normalized spacial score (nSPS) is 11.1. The van der Waals surface area contributed by atoms with Gasteiger partial charge < -0.3 is 5.11 Å². The van der Waals surface area contributed by atoms with Gasteiger partial charge in [-0.05, 0) is 19.1 Å². The van der Waals surface area contributed by atoms with Crippen LogP contribution in [-0.4, -0.2) is 16.0 Å². The molecule has 1 aromatic rings. The monoisotopic (exact) mass is 207 g/mol. The molecule has 0 aromatic heterocycles. The summed E-state index contributed by atoms with van der Waals surface area (Å²) in [4.78, 5) is 20.6. The van der Waals surface area contributed by atoms with Crippen LogP contribution in [0.3, 0.4) is 0 Å². The lowest BCUT2D eigenvalue weighted by molar-refractivity contribution is -0.385. The molecule has 0 atom stereocenters. The number of nitro groups is 1. The number of carboxylic acids is 1. The molecular formula is C10H9NO4. The van der Waals surface area contributed by atoms with E-state index >= 15 is 0 Å². The van der Waals surface area contributed by atoms with E-state index in [0.717, 1.165) is 0 Å². The topological polar surface area (TPSA) is 80.4 Å². The van der Waals surface area contributed by atoms with Crippen LogP contribution in [0, 0.1) is 10.1 Å². The summed E-state index contributed by atoms with van der Waals surface area (Å²) in [6.07, 6.45) is 1.28. The lowest BCUT2D eigenvalue weighted by Crippen LogP contribution is -1.97. The number of nitro benzene ring substituents is 1. The third-order valence-electron chi connectivity index (χ3n) is 1.84. The first-order valence-corrected chi connectivity index (χ1v) is 4.17. The largest absolute Gasteiger partial charge is 0.478 e. The first-order valence-electron chi connectivity index (χ1n) is 4.17. The van der Waals surface area contributed by atoms with Gasteiger partial charge in [0.25, 0.3) is 5.69 Å². The van der Waals surface area contributed by atoms with Crippen molar-refractivity contribution in [3.63, 3.8) is 0 Å². The zero-order valence-corrected chi connectivity index (χ0v) is 8.01. The van der Waals surface area contributed by atoms with Crippen molar-refractivity contribution in [2.45, 2.75) is 6.92 Å². The molecule has 1 aromatic carbocycles. The van der Waals surface area contributed by atoms with Crippen LogP contribution >= 0.6 is 0 Å². The van der Waals surface area contributed by atoms with Gasteiger partial charge in [0.1, 0.15) is 0 Å². The summed E-state index contributed by atoms with van der Waals surface area (Å²) in [6.45, 7) is 1.39. The minimum Gasteiger partial charge on any atom is -0.478 e. The van der Waals surface area contributed by atoms with Gasteiger partial charge in [-0.25, -0.2) is 4.79 Å². The maximum atomic E-state index is 10.6. The van der Waals surface area contributed by atoms with E-state index in [1.54, 1.807) is 6.07 Å². The summed E-state index contributed by atoms with van der Waals surface area (Å²) in [5.41, 5.74) is 0.254. The van der Waals surface area contributed by atoms with Gasteiger partial charge in [0.05, 0.1) is 10.5 Å². The highest BCUT2D eigenvalue weighted by Gasteiger charge is 2.11. The molecule has 0 unspecified atom stereocenters. The molecule has 1 N–H and O–H groups in total. The zero-order chi connectivity index (χ0) is 11.4. The first kappa shape index (κ1) is 10.9. The molecule has 0 aliphatic rings. The standard InChI is InChI=1S/C10H9NO4/c1-7(10(12)13)6-8-4-2-3-5-9(8)11(14)15/h2-6H,1H3,(H,12,13). The Morgan fingerprint density at radius 3 is 2.60 bits per heavy atom. The van der Waals surface area contributed by atoms with Crippen LogP contribution in [0.25, 0.3) is 6.08 Å². The molecule has 0 fully saturated rings. The summed E-state index contributed by atoms with van der Waals surface area (Å²) < 4.78 is 0. The molecule has 0 aliphatic carbocycles. The average molecular weight is 207 g/mol. The van der Waals surface area contributed by atoms with Crippen molar-refractivity contribution in [3.8, 4) is 0 Å². The number of rotatable bonds is 3. The van der Waals surface area contributed by atoms with Crippen molar-refractivity contribution in [3.05, 3.63) is 45.5 Å². The van der Waals surface area contributed by atoms with Gasteiger partial charge in [-0.1, -0.05) is 12.1 Å². The number of carbonyl (C=O) groups is 1. The van der Waals surface area contributed by atoms with Crippen molar-refractivity contribution in [2.24, 2.45) is 0 Å². The smallest absolute Gasteiger partial charge is 0.331 e. The summed E-state index contributed by atoms with van der Waals surface area (Å²) >= 11 is 0. The SMILES string of the molecule is CC(=Cc1ccccc1[N+](=O)[O-])C(=O)O. The number of carboxylic acid groups (broad SMARTS) is 1.